The van der Waals surface area contributed by atoms with Gasteiger partial charge in [0.25, 0.3) is 10.1 Å². The van der Waals surface area contributed by atoms with Gasteiger partial charge in [0.2, 0.25) is 9.84 Å². The van der Waals surface area contributed by atoms with E-state index < -0.39 is 24.9 Å². The second-order valence-electron chi connectivity index (χ2n) is 7.73. The highest BCUT2D eigenvalue weighted by molar-refractivity contribution is 7.91. The van der Waals surface area contributed by atoms with Gasteiger partial charge >= 0.3 is 0 Å². The summed E-state index contributed by atoms with van der Waals surface area (Å²) in [5, 5.41) is 0. The Kier molecular flexibility index (Phi) is 6.66. The molecular weight excluding hydrogens is 488 g/mol. The van der Waals surface area contributed by atoms with Crippen LogP contribution in [0, 0.1) is 6.92 Å². The van der Waals surface area contributed by atoms with Gasteiger partial charge in [-0.3, -0.25) is 4.55 Å². The first-order chi connectivity index (χ1) is 16.6. The van der Waals surface area contributed by atoms with E-state index in [0.717, 1.165) is 22.9 Å². The van der Waals surface area contributed by atoms with Crippen LogP contribution in [0.5, 0.6) is 17.2 Å². The summed E-state index contributed by atoms with van der Waals surface area (Å²) >= 11 is 0. The molecule has 0 aliphatic rings. The third kappa shape index (κ3) is 5.37. The number of methoxy groups -OCH3 is 1. The Hall–Kier alpha value is -3.66. The van der Waals surface area contributed by atoms with Gasteiger partial charge in [-0.05, 0) is 84.3 Å². The normalized spacial score (nSPS) is 11.7. The lowest BCUT2D eigenvalue weighted by molar-refractivity contribution is 0.415. The summed E-state index contributed by atoms with van der Waals surface area (Å²) in [4.78, 5) is -0.722. The molecule has 1 N–H and O–H groups in total. The third-order valence-corrected chi connectivity index (χ3v) is 8.16. The summed E-state index contributed by atoms with van der Waals surface area (Å²) in [5.74, 6) is 1.79. The van der Waals surface area contributed by atoms with Crippen LogP contribution in [-0.2, 0) is 20.0 Å². The fourth-order valence-electron chi connectivity index (χ4n) is 3.48. The highest BCUT2D eigenvalue weighted by atomic mass is 32.2. The van der Waals surface area contributed by atoms with Crippen LogP contribution in [0.4, 0.5) is 0 Å². The van der Waals surface area contributed by atoms with Crippen molar-refractivity contribution < 1.29 is 30.9 Å². The maximum atomic E-state index is 13.0. The molecule has 180 valence electrons. The van der Waals surface area contributed by atoms with Gasteiger partial charge in [-0.2, -0.15) is 8.42 Å². The molecule has 0 fully saturated rings. The quantitative estimate of drug-likeness (QED) is 0.325. The van der Waals surface area contributed by atoms with Crippen molar-refractivity contribution in [1.82, 2.24) is 0 Å². The molecule has 0 saturated heterocycles. The largest absolute Gasteiger partial charge is 0.497 e. The molecule has 0 aliphatic heterocycles. The van der Waals surface area contributed by atoms with Crippen LogP contribution in [0.15, 0.2) is 106 Å². The Labute approximate surface area is 204 Å². The van der Waals surface area contributed by atoms with Gasteiger partial charge in [0.05, 0.1) is 21.8 Å². The maximum Gasteiger partial charge on any atom is 0.294 e. The predicted octanol–water partition coefficient (Wildman–Crippen LogP) is 5.54. The SMILES string of the molecule is COc1ccc(-c2ccc(Oc3ccc(S(=O)(=O)c4ccc(C)c(S(=O)(=O)O)c4)cc3)cc2)cc1. The van der Waals surface area contributed by atoms with Crippen LogP contribution >= 0.6 is 0 Å². The molecule has 35 heavy (non-hydrogen) atoms. The zero-order valence-electron chi connectivity index (χ0n) is 18.9. The van der Waals surface area contributed by atoms with Crippen molar-refractivity contribution in [3.05, 3.63) is 96.6 Å². The van der Waals surface area contributed by atoms with Crippen molar-refractivity contribution >= 4 is 20.0 Å². The number of benzene rings is 4. The van der Waals surface area contributed by atoms with Gasteiger partial charge in [0.1, 0.15) is 17.2 Å². The number of hydrogen-bond donors (Lipinski definition) is 1. The number of sulfone groups is 1. The van der Waals surface area contributed by atoms with E-state index in [1.807, 2.05) is 48.5 Å². The van der Waals surface area contributed by atoms with Crippen molar-refractivity contribution in [3.63, 3.8) is 0 Å². The van der Waals surface area contributed by atoms with Crippen LogP contribution in [0.2, 0.25) is 0 Å². The first-order valence-corrected chi connectivity index (χ1v) is 13.4. The Bertz CT molecular complexity index is 1560. The lowest BCUT2D eigenvalue weighted by atomic mass is 10.1. The van der Waals surface area contributed by atoms with E-state index in [1.54, 1.807) is 7.11 Å². The molecule has 0 radical (unpaired) electrons. The molecule has 0 amide bonds. The molecule has 0 spiro atoms. The van der Waals surface area contributed by atoms with Crippen LogP contribution < -0.4 is 9.47 Å². The van der Waals surface area contributed by atoms with E-state index in [0.29, 0.717) is 11.5 Å². The van der Waals surface area contributed by atoms with Gasteiger partial charge in [-0.15, -0.1) is 0 Å². The van der Waals surface area contributed by atoms with Crippen LogP contribution in [0.1, 0.15) is 5.56 Å². The zero-order chi connectivity index (χ0) is 25.2. The Morgan fingerprint density at radius 3 is 1.57 bits per heavy atom. The molecule has 0 unspecified atom stereocenters. The van der Waals surface area contributed by atoms with Crippen molar-refractivity contribution in [3.8, 4) is 28.4 Å². The first kappa shape index (κ1) is 24.5. The van der Waals surface area contributed by atoms with Gasteiger partial charge in [-0.1, -0.05) is 30.3 Å². The van der Waals surface area contributed by atoms with Gasteiger partial charge in [0, 0.05) is 0 Å². The lowest BCUT2D eigenvalue weighted by Gasteiger charge is -2.10. The van der Waals surface area contributed by atoms with E-state index >= 15 is 0 Å². The molecule has 0 aromatic heterocycles. The molecule has 4 rings (SSSR count). The van der Waals surface area contributed by atoms with E-state index in [4.69, 9.17) is 9.47 Å². The summed E-state index contributed by atoms with van der Waals surface area (Å²) < 4.78 is 69.4. The maximum absolute atomic E-state index is 13.0. The summed E-state index contributed by atoms with van der Waals surface area (Å²) in [7, 11) is -6.95. The second-order valence-corrected chi connectivity index (χ2v) is 11.1. The van der Waals surface area contributed by atoms with E-state index in [9.17, 15) is 21.4 Å². The topological polar surface area (TPSA) is 107 Å². The summed E-state index contributed by atoms with van der Waals surface area (Å²) in [6, 6.07) is 24.5. The smallest absolute Gasteiger partial charge is 0.294 e. The molecule has 0 atom stereocenters. The monoisotopic (exact) mass is 510 g/mol. The average Bonchev–Trinajstić information content (AvgIpc) is 2.84. The van der Waals surface area contributed by atoms with Crippen molar-refractivity contribution in [2.45, 2.75) is 21.6 Å². The molecule has 7 nitrogen and oxygen atoms in total. The Morgan fingerprint density at radius 1 is 0.629 bits per heavy atom. The van der Waals surface area contributed by atoms with Gasteiger partial charge in [-0.25, -0.2) is 8.42 Å². The highest BCUT2D eigenvalue weighted by Crippen LogP contribution is 2.30. The summed E-state index contributed by atoms with van der Waals surface area (Å²) in [5.41, 5.74) is 2.28. The minimum atomic E-state index is -4.55. The highest BCUT2D eigenvalue weighted by Gasteiger charge is 2.22. The van der Waals surface area contributed by atoms with Crippen LogP contribution in [0.25, 0.3) is 11.1 Å². The summed E-state index contributed by atoms with van der Waals surface area (Å²) in [6.07, 6.45) is 0. The number of aryl methyl sites for hydroxylation is 1. The minimum absolute atomic E-state index is 0.0372. The molecule has 4 aromatic carbocycles. The second kappa shape index (κ2) is 9.53. The molecule has 0 saturated carbocycles. The van der Waals surface area contributed by atoms with Crippen molar-refractivity contribution in [2.24, 2.45) is 0 Å². The van der Waals surface area contributed by atoms with Crippen molar-refractivity contribution in [2.75, 3.05) is 7.11 Å². The predicted molar refractivity (Wildman–Crippen MR) is 131 cm³/mol. The van der Waals surface area contributed by atoms with Gasteiger partial charge < -0.3 is 9.47 Å². The number of hydrogen-bond acceptors (Lipinski definition) is 6. The molecule has 0 bridgehead atoms. The fraction of sp³-hybridized carbons (Fsp3) is 0.0769. The van der Waals surface area contributed by atoms with E-state index in [2.05, 4.69) is 0 Å². The molecule has 9 heteroatoms. The number of rotatable bonds is 7. The van der Waals surface area contributed by atoms with E-state index in [-0.39, 0.29) is 15.4 Å². The number of ether oxygens (including phenoxy) is 2. The van der Waals surface area contributed by atoms with Gasteiger partial charge in [0.15, 0.2) is 0 Å². The summed E-state index contributed by atoms with van der Waals surface area (Å²) in [6.45, 7) is 1.47. The Morgan fingerprint density at radius 2 is 1.09 bits per heavy atom. The Balaban J connectivity index is 1.52. The van der Waals surface area contributed by atoms with Crippen molar-refractivity contribution in [1.29, 1.82) is 0 Å². The third-order valence-electron chi connectivity index (χ3n) is 5.40. The first-order valence-electron chi connectivity index (χ1n) is 10.4. The molecule has 0 heterocycles. The lowest BCUT2D eigenvalue weighted by Crippen LogP contribution is -2.06. The van der Waals surface area contributed by atoms with Crippen LogP contribution in [-0.4, -0.2) is 28.5 Å². The zero-order valence-corrected chi connectivity index (χ0v) is 20.5. The standard InChI is InChI=1S/C26H22O7S2/c1-18-3-14-25(17-26(18)35(29,30)31)34(27,28)24-15-12-23(13-16-24)33-22-10-6-20(7-11-22)19-4-8-21(32-2)9-5-19/h3-17H,1-2H3,(H,29,30,31). The fourth-order valence-corrected chi connectivity index (χ4v) is 5.60. The minimum Gasteiger partial charge on any atom is -0.497 e. The molecule has 0 aliphatic carbocycles. The van der Waals surface area contributed by atoms with E-state index in [1.165, 1.54) is 43.3 Å². The average molecular weight is 511 g/mol. The molecule has 4 aromatic rings. The van der Waals surface area contributed by atoms with Crippen LogP contribution in [0.3, 0.4) is 0 Å². The molecular formula is C26H22O7S2.